The van der Waals surface area contributed by atoms with Gasteiger partial charge in [0.2, 0.25) is 0 Å². The molecule has 0 saturated carbocycles. The van der Waals surface area contributed by atoms with Gasteiger partial charge in [-0.1, -0.05) is 18.2 Å². The predicted molar refractivity (Wildman–Crippen MR) is 74.8 cm³/mol. The molecule has 0 spiro atoms. The number of methoxy groups -OCH3 is 3. The Morgan fingerprint density at radius 2 is 1.76 bits per heavy atom. The van der Waals surface area contributed by atoms with E-state index in [1.807, 2.05) is 24.3 Å². The summed E-state index contributed by atoms with van der Waals surface area (Å²) in [5.74, 6) is -0.545. The maximum absolute atomic E-state index is 12.0. The van der Waals surface area contributed by atoms with E-state index in [0.29, 0.717) is 12.2 Å². The Kier molecular flexibility index (Phi) is 4.80. The second kappa shape index (κ2) is 6.58. The van der Waals surface area contributed by atoms with E-state index in [0.717, 1.165) is 5.56 Å². The highest BCUT2D eigenvalue weighted by Crippen LogP contribution is 2.38. The first-order valence-electron chi connectivity index (χ1n) is 6.67. The fourth-order valence-corrected chi connectivity index (χ4v) is 2.71. The number of benzene rings is 1. The molecule has 1 saturated heterocycles. The van der Waals surface area contributed by atoms with Crippen molar-refractivity contribution in [2.45, 2.75) is 18.5 Å². The second-order valence-corrected chi connectivity index (χ2v) is 4.83. The predicted octanol–water partition coefficient (Wildman–Crippen LogP) is 1.06. The quantitative estimate of drug-likeness (QED) is 0.837. The summed E-state index contributed by atoms with van der Waals surface area (Å²) in [7, 11) is 4.24. The van der Waals surface area contributed by atoms with E-state index >= 15 is 0 Å². The third kappa shape index (κ3) is 3.00. The van der Waals surface area contributed by atoms with Crippen LogP contribution >= 0.6 is 0 Å². The minimum Gasteiger partial charge on any atom is -0.496 e. The van der Waals surface area contributed by atoms with Gasteiger partial charge >= 0.3 is 11.9 Å². The van der Waals surface area contributed by atoms with Gasteiger partial charge in [0.15, 0.2) is 0 Å². The van der Waals surface area contributed by atoms with Gasteiger partial charge in [0.05, 0.1) is 27.2 Å². The van der Waals surface area contributed by atoms with Crippen LogP contribution in [0.2, 0.25) is 0 Å². The zero-order chi connectivity index (χ0) is 15.4. The maximum Gasteiger partial charge on any atom is 0.322 e. The van der Waals surface area contributed by atoms with Crippen molar-refractivity contribution in [1.29, 1.82) is 0 Å². The molecule has 1 aromatic rings. The van der Waals surface area contributed by atoms with Crippen LogP contribution in [0.3, 0.4) is 0 Å². The second-order valence-electron chi connectivity index (χ2n) is 4.83. The zero-order valence-corrected chi connectivity index (χ0v) is 12.3. The van der Waals surface area contributed by atoms with Crippen LogP contribution in [0.5, 0.6) is 5.75 Å². The molecule has 1 aliphatic heterocycles. The van der Waals surface area contributed by atoms with Crippen molar-refractivity contribution < 1.29 is 23.8 Å². The number of esters is 2. The zero-order valence-electron chi connectivity index (χ0n) is 12.3. The molecule has 1 aromatic carbocycles. The smallest absolute Gasteiger partial charge is 0.322 e. The van der Waals surface area contributed by atoms with Crippen molar-refractivity contribution in [1.82, 2.24) is 5.32 Å². The molecule has 3 atom stereocenters. The highest BCUT2D eigenvalue weighted by atomic mass is 16.5. The fourth-order valence-electron chi connectivity index (χ4n) is 2.71. The van der Waals surface area contributed by atoms with Crippen LogP contribution in [-0.2, 0) is 19.1 Å². The van der Waals surface area contributed by atoms with Gasteiger partial charge in [-0.05, 0) is 12.5 Å². The lowest BCUT2D eigenvalue weighted by Crippen LogP contribution is -2.33. The van der Waals surface area contributed by atoms with Gasteiger partial charge < -0.3 is 14.2 Å². The Bertz CT molecular complexity index is 531. The monoisotopic (exact) mass is 293 g/mol. The summed E-state index contributed by atoms with van der Waals surface area (Å²) in [5, 5.41) is 3.14. The molecular formula is C15H19NO5. The summed E-state index contributed by atoms with van der Waals surface area (Å²) in [6.07, 6.45) is 0.335. The van der Waals surface area contributed by atoms with Gasteiger partial charge in [-0.15, -0.1) is 0 Å². The van der Waals surface area contributed by atoms with Crippen molar-refractivity contribution >= 4 is 11.9 Å². The minimum atomic E-state index is -0.533. The van der Waals surface area contributed by atoms with E-state index in [2.05, 4.69) is 5.32 Å². The highest BCUT2D eigenvalue weighted by Gasteiger charge is 2.44. The van der Waals surface area contributed by atoms with Crippen molar-refractivity contribution in [3.8, 4) is 5.75 Å². The first-order valence-corrected chi connectivity index (χ1v) is 6.67. The van der Waals surface area contributed by atoms with Gasteiger partial charge in [-0.3, -0.25) is 14.9 Å². The van der Waals surface area contributed by atoms with E-state index < -0.39 is 12.0 Å². The molecule has 0 amide bonds. The van der Waals surface area contributed by atoms with Crippen molar-refractivity contribution in [3.05, 3.63) is 29.8 Å². The molecule has 0 radical (unpaired) electrons. The average Bonchev–Trinajstić information content (AvgIpc) is 2.98. The highest BCUT2D eigenvalue weighted by molar-refractivity contribution is 5.80. The molecule has 6 heteroatoms. The van der Waals surface area contributed by atoms with E-state index in [1.165, 1.54) is 14.2 Å². The third-order valence-corrected chi connectivity index (χ3v) is 3.74. The molecule has 1 heterocycles. The molecule has 1 N–H and O–H groups in total. The molecule has 0 bridgehead atoms. The molecule has 2 rings (SSSR count). The fraction of sp³-hybridized carbons (Fsp3) is 0.467. The van der Waals surface area contributed by atoms with Crippen LogP contribution in [0.4, 0.5) is 0 Å². The Hall–Kier alpha value is -2.08. The minimum absolute atomic E-state index is 0.335. The topological polar surface area (TPSA) is 73.9 Å². The number of carbonyl (C=O) groups is 2. The van der Waals surface area contributed by atoms with Crippen LogP contribution in [-0.4, -0.2) is 39.3 Å². The number of nitrogens with one attached hydrogen (secondary N) is 1. The molecule has 21 heavy (non-hydrogen) atoms. The van der Waals surface area contributed by atoms with Gasteiger partial charge in [0, 0.05) is 11.6 Å². The molecule has 6 nitrogen and oxygen atoms in total. The van der Waals surface area contributed by atoms with Crippen LogP contribution in [0.15, 0.2) is 24.3 Å². The van der Waals surface area contributed by atoms with Crippen LogP contribution < -0.4 is 10.1 Å². The Balaban J connectivity index is 2.34. The van der Waals surface area contributed by atoms with Crippen LogP contribution in [0.1, 0.15) is 18.0 Å². The van der Waals surface area contributed by atoms with Crippen molar-refractivity contribution in [3.63, 3.8) is 0 Å². The Morgan fingerprint density at radius 3 is 2.38 bits per heavy atom. The Labute approximate surface area is 123 Å². The largest absolute Gasteiger partial charge is 0.496 e. The summed E-state index contributed by atoms with van der Waals surface area (Å²) in [4.78, 5) is 23.7. The van der Waals surface area contributed by atoms with E-state index in [-0.39, 0.29) is 18.0 Å². The summed E-state index contributed by atoms with van der Waals surface area (Å²) in [5.41, 5.74) is 0.821. The summed E-state index contributed by atoms with van der Waals surface area (Å²) in [6.45, 7) is 0. The number of ether oxygens (including phenoxy) is 3. The van der Waals surface area contributed by atoms with Crippen molar-refractivity contribution in [2.24, 2.45) is 5.92 Å². The molecule has 0 aliphatic carbocycles. The lowest BCUT2D eigenvalue weighted by atomic mass is 9.93. The number of hydrogen-bond donors (Lipinski definition) is 1. The Morgan fingerprint density at radius 1 is 1.10 bits per heavy atom. The number of rotatable bonds is 4. The molecule has 1 aliphatic rings. The maximum atomic E-state index is 12.0. The van der Waals surface area contributed by atoms with E-state index in [1.54, 1.807) is 7.11 Å². The number of hydrogen-bond acceptors (Lipinski definition) is 6. The van der Waals surface area contributed by atoms with Crippen LogP contribution in [0, 0.1) is 5.92 Å². The first kappa shape index (κ1) is 15.3. The van der Waals surface area contributed by atoms with Gasteiger partial charge in [0.25, 0.3) is 0 Å². The lowest BCUT2D eigenvalue weighted by molar-refractivity contribution is -0.146. The first-order chi connectivity index (χ1) is 10.1. The number of para-hydroxylation sites is 1. The molecule has 0 unspecified atom stereocenters. The van der Waals surface area contributed by atoms with E-state index in [4.69, 9.17) is 14.2 Å². The summed E-state index contributed by atoms with van der Waals surface area (Å²) < 4.78 is 14.9. The molecule has 0 aromatic heterocycles. The third-order valence-electron chi connectivity index (χ3n) is 3.74. The normalized spacial score (nSPS) is 24.4. The van der Waals surface area contributed by atoms with Crippen molar-refractivity contribution in [2.75, 3.05) is 21.3 Å². The van der Waals surface area contributed by atoms with E-state index in [9.17, 15) is 9.59 Å². The summed E-state index contributed by atoms with van der Waals surface area (Å²) in [6, 6.07) is 6.51. The van der Waals surface area contributed by atoms with Gasteiger partial charge in [-0.2, -0.15) is 0 Å². The van der Waals surface area contributed by atoms with Gasteiger partial charge in [0.1, 0.15) is 11.8 Å². The average molecular weight is 293 g/mol. The lowest BCUT2D eigenvalue weighted by Gasteiger charge is -2.20. The standard InChI is InChI=1S/C15H19NO5/c1-19-12-7-5-4-6-9(12)13-10(14(17)20-2)8-11(16-13)15(18)21-3/h4-7,10-11,13,16H,8H2,1-3H3/t10-,11-,13-/m0/s1. The molecule has 114 valence electrons. The SMILES string of the molecule is COC(=O)[C@@H]1C[C@H](C(=O)OC)[C@H](c2ccccc2OC)N1. The molecule has 1 fully saturated rings. The summed E-state index contributed by atoms with van der Waals surface area (Å²) >= 11 is 0. The molecular weight excluding hydrogens is 274 g/mol. The number of carbonyl (C=O) groups excluding carboxylic acids is 2. The van der Waals surface area contributed by atoms with Crippen LogP contribution in [0.25, 0.3) is 0 Å². The van der Waals surface area contributed by atoms with Gasteiger partial charge in [-0.25, -0.2) is 0 Å².